The third kappa shape index (κ3) is 7.01. The molecule has 1 aromatic carbocycles. The molecule has 1 saturated heterocycles. The normalized spacial score (nSPS) is 15.9. The van der Waals surface area contributed by atoms with Gasteiger partial charge in [-0.2, -0.15) is 0 Å². The van der Waals surface area contributed by atoms with Gasteiger partial charge in [-0.1, -0.05) is 46.8 Å². The Balaban J connectivity index is 0.000000581. The van der Waals surface area contributed by atoms with Crippen LogP contribution in [0.15, 0.2) is 24.3 Å². The predicted molar refractivity (Wildman–Crippen MR) is 73.8 cm³/mol. The predicted octanol–water partition coefficient (Wildman–Crippen LogP) is 4.08. The third-order valence-electron chi connectivity index (χ3n) is 2.17. The molecule has 0 spiro atoms. The molecule has 1 aromatic rings. The van der Waals surface area contributed by atoms with E-state index in [4.69, 9.17) is 9.47 Å². The lowest BCUT2D eigenvalue weighted by Crippen LogP contribution is -2.03. The number of hydrogen-bond donors (Lipinski definition) is 0. The van der Waals surface area contributed by atoms with E-state index in [1.165, 1.54) is 5.56 Å². The first-order valence-electron chi connectivity index (χ1n) is 6.72. The van der Waals surface area contributed by atoms with Gasteiger partial charge in [0.1, 0.15) is 18.5 Å². The Morgan fingerprint density at radius 2 is 1.65 bits per heavy atom. The lowest BCUT2D eigenvalue weighted by molar-refractivity contribution is 0.263. The fourth-order valence-electron chi connectivity index (χ4n) is 1.17. The Bertz CT molecular complexity index is 263. The van der Waals surface area contributed by atoms with Gasteiger partial charge in [0.15, 0.2) is 0 Å². The van der Waals surface area contributed by atoms with Crippen molar-refractivity contribution in [3.05, 3.63) is 29.8 Å². The highest BCUT2D eigenvalue weighted by Crippen LogP contribution is 2.15. The van der Waals surface area contributed by atoms with Gasteiger partial charge in [-0.25, -0.2) is 0 Å². The lowest BCUT2D eigenvalue weighted by Gasteiger charge is -2.04. The first kappa shape index (κ1) is 16.0. The van der Waals surface area contributed by atoms with Crippen molar-refractivity contribution in [2.45, 2.75) is 47.1 Å². The molecule has 1 heterocycles. The number of hydrogen-bond acceptors (Lipinski definition) is 2. The largest absolute Gasteiger partial charge is 0.491 e. The number of ether oxygens (including phenoxy) is 2. The highest BCUT2D eigenvalue weighted by Gasteiger charge is 2.22. The molecule has 1 aliphatic heterocycles. The van der Waals surface area contributed by atoms with Crippen molar-refractivity contribution in [1.29, 1.82) is 0 Å². The minimum atomic E-state index is 0.339. The van der Waals surface area contributed by atoms with Crippen molar-refractivity contribution in [2.24, 2.45) is 0 Å². The van der Waals surface area contributed by atoms with Crippen LogP contribution in [0.5, 0.6) is 5.75 Å². The van der Waals surface area contributed by atoms with Gasteiger partial charge in [-0.15, -0.1) is 0 Å². The van der Waals surface area contributed by atoms with Gasteiger partial charge >= 0.3 is 0 Å². The van der Waals surface area contributed by atoms with Gasteiger partial charge < -0.3 is 9.47 Å². The van der Waals surface area contributed by atoms with E-state index in [-0.39, 0.29) is 0 Å². The molecule has 0 saturated carbocycles. The zero-order valence-electron chi connectivity index (χ0n) is 11.8. The number of rotatable bonds is 4. The van der Waals surface area contributed by atoms with E-state index in [2.05, 4.69) is 19.1 Å². The molecular weight excluding hydrogens is 212 g/mol. The van der Waals surface area contributed by atoms with Crippen LogP contribution in [-0.4, -0.2) is 19.3 Å². The van der Waals surface area contributed by atoms with Crippen molar-refractivity contribution in [3.8, 4) is 5.75 Å². The summed E-state index contributed by atoms with van der Waals surface area (Å²) in [5.41, 5.74) is 1.34. The smallest absolute Gasteiger partial charge is 0.119 e. The fraction of sp³-hybridized carbons (Fsp3) is 0.600. The standard InChI is InChI=1S/C11H14O2.2C2H6/c1-2-9-3-5-10(6-4-9)12-7-11-8-13-11;2*1-2/h3-6,11H,2,7-8H2,1H3;2*1-2H3. The van der Waals surface area contributed by atoms with E-state index in [1.54, 1.807) is 0 Å². The zero-order valence-corrected chi connectivity index (χ0v) is 11.8. The highest BCUT2D eigenvalue weighted by molar-refractivity contribution is 5.27. The SMILES string of the molecule is CC.CC.CCc1ccc(OCC2CO2)cc1. The van der Waals surface area contributed by atoms with Gasteiger partial charge in [0.2, 0.25) is 0 Å². The maximum absolute atomic E-state index is 5.50. The molecule has 1 atom stereocenters. The summed E-state index contributed by atoms with van der Waals surface area (Å²) in [5, 5.41) is 0. The van der Waals surface area contributed by atoms with Crippen molar-refractivity contribution >= 4 is 0 Å². The van der Waals surface area contributed by atoms with Crippen LogP contribution in [0.3, 0.4) is 0 Å². The zero-order chi connectivity index (χ0) is 13.1. The Labute approximate surface area is 106 Å². The summed E-state index contributed by atoms with van der Waals surface area (Å²) in [4.78, 5) is 0. The van der Waals surface area contributed by atoms with E-state index in [0.29, 0.717) is 12.7 Å². The summed E-state index contributed by atoms with van der Waals surface area (Å²) in [6.07, 6.45) is 1.41. The van der Waals surface area contributed by atoms with Crippen molar-refractivity contribution in [3.63, 3.8) is 0 Å². The molecule has 0 N–H and O–H groups in total. The second-order valence-electron chi connectivity index (χ2n) is 3.26. The molecule has 0 amide bonds. The average Bonchev–Trinajstić information content (AvgIpc) is 3.26. The Morgan fingerprint density at radius 3 is 2.06 bits per heavy atom. The summed E-state index contributed by atoms with van der Waals surface area (Å²) in [6.45, 7) is 11.7. The number of aryl methyl sites for hydroxylation is 1. The van der Waals surface area contributed by atoms with Crippen LogP contribution in [0.2, 0.25) is 0 Å². The van der Waals surface area contributed by atoms with Crippen LogP contribution in [0.25, 0.3) is 0 Å². The molecule has 98 valence electrons. The molecule has 0 bridgehead atoms. The molecule has 2 nitrogen and oxygen atoms in total. The van der Waals surface area contributed by atoms with Gasteiger partial charge in [0.05, 0.1) is 6.61 Å². The molecule has 0 radical (unpaired) electrons. The second-order valence-corrected chi connectivity index (χ2v) is 3.26. The maximum Gasteiger partial charge on any atom is 0.119 e. The Morgan fingerprint density at radius 1 is 1.12 bits per heavy atom. The van der Waals surface area contributed by atoms with Gasteiger partial charge in [-0.05, 0) is 24.1 Å². The van der Waals surface area contributed by atoms with E-state index < -0.39 is 0 Å². The summed E-state index contributed by atoms with van der Waals surface area (Å²) in [6, 6.07) is 8.23. The van der Waals surface area contributed by atoms with Crippen molar-refractivity contribution < 1.29 is 9.47 Å². The van der Waals surface area contributed by atoms with Crippen LogP contribution in [0.4, 0.5) is 0 Å². The molecular formula is C15H26O2. The van der Waals surface area contributed by atoms with Crippen molar-refractivity contribution in [2.75, 3.05) is 13.2 Å². The summed E-state index contributed by atoms with van der Waals surface area (Å²) < 4.78 is 10.6. The second kappa shape index (κ2) is 10.2. The van der Waals surface area contributed by atoms with E-state index in [0.717, 1.165) is 18.8 Å². The molecule has 0 aromatic heterocycles. The van der Waals surface area contributed by atoms with Crippen LogP contribution < -0.4 is 4.74 Å². The summed E-state index contributed by atoms with van der Waals surface area (Å²) >= 11 is 0. The van der Waals surface area contributed by atoms with Crippen LogP contribution in [0.1, 0.15) is 40.2 Å². The lowest BCUT2D eigenvalue weighted by atomic mass is 10.2. The molecule has 0 aliphatic carbocycles. The number of epoxide rings is 1. The van der Waals surface area contributed by atoms with Gasteiger partial charge in [0.25, 0.3) is 0 Å². The van der Waals surface area contributed by atoms with Crippen LogP contribution >= 0.6 is 0 Å². The van der Waals surface area contributed by atoms with E-state index in [9.17, 15) is 0 Å². The van der Waals surface area contributed by atoms with Gasteiger partial charge in [-0.3, -0.25) is 0 Å². The Kier molecular flexibility index (Phi) is 9.55. The maximum atomic E-state index is 5.50. The summed E-state index contributed by atoms with van der Waals surface area (Å²) in [7, 11) is 0. The monoisotopic (exact) mass is 238 g/mol. The molecule has 1 unspecified atom stereocenters. The molecule has 1 fully saturated rings. The minimum Gasteiger partial charge on any atom is -0.491 e. The first-order valence-corrected chi connectivity index (χ1v) is 6.72. The Hall–Kier alpha value is -1.02. The topological polar surface area (TPSA) is 21.8 Å². The fourth-order valence-corrected chi connectivity index (χ4v) is 1.17. The first-order chi connectivity index (χ1) is 8.38. The third-order valence-corrected chi connectivity index (χ3v) is 2.17. The highest BCUT2D eigenvalue weighted by atomic mass is 16.6. The van der Waals surface area contributed by atoms with Crippen molar-refractivity contribution in [1.82, 2.24) is 0 Å². The van der Waals surface area contributed by atoms with Gasteiger partial charge in [0, 0.05) is 0 Å². The average molecular weight is 238 g/mol. The molecule has 17 heavy (non-hydrogen) atoms. The molecule has 1 aliphatic rings. The quantitative estimate of drug-likeness (QED) is 0.737. The summed E-state index contributed by atoms with van der Waals surface area (Å²) in [5.74, 6) is 0.938. The van der Waals surface area contributed by atoms with E-state index in [1.807, 2.05) is 39.8 Å². The van der Waals surface area contributed by atoms with E-state index >= 15 is 0 Å². The molecule has 2 heteroatoms. The minimum absolute atomic E-state index is 0.339. The van der Waals surface area contributed by atoms with Crippen LogP contribution in [0, 0.1) is 0 Å². The molecule has 2 rings (SSSR count). The van der Waals surface area contributed by atoms with Crippen LogP contribution in [-0.2, 0) is 11.2 Å². The number of benzene rings is 1.